The fourth-order valence-electron chi connectivity index (χ4n) is 4.09. The number of benzene rings is 1. The smallest absolute Gasteiger partial charge is 0.127 e. The van der Waals surface area contributed by atoms with Crippen molar-refractivity contribution in [3.8, 4) is 0 Å². The van der Waals surface area contributed by atoms with Gasteiger partial charge < -0.3 is 0 Å². The summed E-state index contributed by atoms with van der Waals surface area (Å²) in [4.78, 5) is 5.15. The molecule has 0 N–H and O–H groups in total. The molecule has 2 aliphatic rings. The second-order valence-electron chi connectivity index (χ2n) is 7.18. The molecule has 3 heteroatoms. The molecule has 122 valence electrons. The maximum Gasteiger partial charge on any atom is 0.127 e. The lowest BCUT2D eigenvalue weighted by Crippen LogP contribution is -2.49. The van der Waals surface area contributed by atoms with E-state index in [2.05, 4.69) is 16.7 Å². The lowest BCUT2D eigenvalue weighted by atomic mass is 9.95. The van der Waals surface area contributed by atoms with Gasteiger partial charge in [0.1, 0.15) is 5.82 Å². The zero-order valence-electron chi connectivity index (χ0n) is 14.0. The minimum atomic E-state index is -0.0493. The molecule has 2 aliphatic heterocycles. The summed E-state index contributed by atoms with van der Waals surface area (Å²) in [6, 6.07) is 7.11. The van der Waals surface area contributed by atoms with Gasteiger partial charge in [0.25, 0.3) is 0 Å². The second-order valence-corrected chi connectivity index (χ2v) is 7.18. The van der Waals surface area contributed by atoms with Crippen molar-refractivity contribution in [2.24, 2.45) is 0 Å². The van der Waals surface area contributed by atoms with Gasteiger partial charge in [-0.1, -0.05) is 18.6 Å². The van der Waals surface area contributed by atoms with Gasteiger partial charge in [-0.3, -0.25) is 9.80 Å². The van der Waals surface area contributed by atoms with Crippen LogP contribution >= 0.6 is 0 Å². The van der Waals surface area contributed by atoms with Crippen LogP contribution in [-0.2, 0) is 6.54 Å². The second kappa shape index (κ2) is 7.10. The van der Waals surface area contributed by atoms with E-state index >= 15 is 0 Å². The average molecular weight is 304 g/mol. The Balaban J connectivity index is 1.53. The predicted octanol–water partition coefficient (Wildman–Crippen LogP) is 3.97. The number of halogens is 1. The van der Waals surface area contributed by atoms with Crippen LogP contribution in [0.5, 0.6) is 0 Å². The maximum atomic E-state index is 14.0. The van der Waals surface area contributed by atoms with E-state index in [0.717, 1.165) is 42.8 Å². The van der Waals surface area contributed by atoms with Crippen molar-refractivity contribution in [1.29, 1.82) is 0 Å². The molecule has 0 radical (unpaired) electrons. The summed E-state index contributed by atoms with van der Waals surface area (Å²) in [7, 11) is 0. The van der Waals surface area contributed by atoms with Gasteiger partial charge in [-0.15, -0.1) is 0 Å². The third kappa shape index (κ3) is 3.69. The topological polar surface area (TPSA) is 6.48 Å². The number of hydrogen-bond acceptors (Lipinski definition) is 2. The van der Waals surface area contributed by atoms with Crippen LogP contribution in [-0.4, -0.2) is 41.5 Å². The van der Waals surface area contributed by atoms with Gasteiger partial charge in [-0.2, -0.15) is 0 Å². The molecule has 2 heterocycles. The van der Waals surface area contributed by atoms with Crippen molar-refractivity contribution in [2.45, 2.75) is 64.6 Å². The van der Waals surface area contributed by atoms with E-state index < -0.39 is 0 Å². The molecule has 0 amide bonds. The Labute approximate surface area is 134 Å². The summed E-state index contributed by atoms with van der Waals surface area (Å²) in [6.07, 6.45) is 6.58. The number of hydrogen-bond donors (Lipinski definition) is 0. The lowest BCUT2D eigenvalue weighted by Gasteiger charge is -2.43. The van der Waals surface area contributed by atoms with Crippen LogP contribution < -0.4 is 0 Å². The van der Waals surface area contributed by atoms with Crippen LogP contribution in [0.4, 0.5) is 4.39 Å². The first-order chi connectivity index (χ1) is 10.6. The number of nitrogens with zero attached hydrogens (tertiary/aromatic N) is 2. The zero-order chi connectivity index (χ0) is 15.5. The van der Waals surface area contributed by atoms with E-state index in [1.807, 2.05) is 19.1 Å². The van der Waals surface area contributed by atoms with E-state index in [1.165, 1.54) is 38.6 Å². The lowest BCUT2D eigenvalue weighted by molar-refractivity contribution is 0.0553. The molecule has 1 aromatic carbocycles. The average Bonchev–Trinajstić information content (AvgIpc) is 2.51. The third-order valence-corrected chi connectivity index (χ3v) is 5.48. The highest BCUT2D eigenvalue weighted by molar-refractivity contribution is 5.23. The van der Waals surface area contributed by atoms with Crippen LogP contribution in [0, 0.1) is 12.7 Å². The number of aryl methyl sites for hydroxylation is 1. The summed E-state index contributed by atoms with van der Waals surface area (Å²) in [6.45, 7) is 8.56. The largest absolute Gasteiger partial charge is 0.299 e. The normalized spacial score (nSPS) is 25.5. The first-order valence-corrected chi connectivity index (χ1v) is 8.86. The van der Waals surface area contributed by atoms with Crippen LogP contribution in [0.1, 0.15) is 50.2 Å². The summed E-state index contributed by atoms with van der Waals surface area (Å²) in [5, 5.41) is 0. The molecule has 0 spiro atoms. The monoisotopic (exact) mass is 304 g/mol. The van der Waals surface area contributed by atoms with Crippen molar-refractivity contribution in [1.82, 2.24) is 9.80 Å². The molecular weight excluding hydrogens is 275 g/mol. The molecule has 3 rings (SSSR count). The SMILES string of the molecule is Cc1ccc(CN2CCC(N3CCCCC3C)CC2)c(F)c1. The Hall–Kier alpha value is -0.930. The molecule has 1 aromatic rings. The molecule has 1 unspecified atom stereocenters. The third-order valence-electron chi connectivity index (χ3n) is 5.48. The maximum absolute atomic E-state index is 14.0. The molecule has 0 bridgehead atoms. The number of piperidine rings is 2. The summed E-state index contributed by atoms with van der Waals surface area (Å²) >= 11 is 0. The van der Waals surface area contributed by atoms with Gasteiger partial charge >= 0.3 is 0 Å². The van der Waals surface area contributed by atoms with E-state index in [1.54, 1.807) is 6.07 Å². The molecule has 22 heavy (non-hydrogen) atoms. The first kappa shape index (κ1) is 15.9. The van der Waals surface area contributed by atoms with Crippen LogP contribution in [0.2, 0.25) is 0 Å². The van der Waals surface area contributed by atoms with E-state index in [9.17, 15) is 4.39 Å². The number of rotatable bonds is 3. The highest BCUT2D eigenvalue weighted by Gasteiger charge is 2.29. The van der Waals surface area contributed by atoms with Crippen molar-refractivity contribution in [2.75, 3.05) is 19.6 Å². The highest BCUT2D eigenvalue weighted by atomic mass is 19.1. The first-order valence-electron chi connectivity index (χ1n) is 8.86. The van der Waals surface area contributed by atoms with Crippen molar-refractivity contribution >= 4 is 0 Å². The van der Waals surface area contributed by atoms with Crippen LogP contribution in [0.25, 0.3) is 0 Å². The van der Waals surface area contributed by atoms with Crippen molar-refractivity contribution in [3.63, 3.8) is 0 Å². The van der Waals surface area contributed by atoms with Gasteiger partial charge in [0.2, 0.25) is 0 Å². The van der Waals surface area contributed by atoms with Gasteiger partial charge in [0, 0.05) is 24.2 Å². The minimum absolute atomic E-state index is 0.0493. The van der Waals surface area contributed by atoms with E-state index in [0.29, 0.717) is 0 Å². The Bertz CT molecular complexity index is 494. The van der Waals surface area contributed by atoms with Crippen molar-refractivity contribution in [3.05, 3.63) is 35.1 Å². The number of likely N-dealkylation sites (tertiary alicyclic amines) is 2. The zero-order valence-corrected chi connectivity index (χ0v) is 14.0. The van der Waals surface area contributed by atoms with Crippen LogP contribution in [0.15, 0.2) is 18.2 Å². The standard InChI is InChI=1S/C19H29FN2/c1-15-6-7-17(19(20)13-15)14-21-11-8-18(9-12-21)22-10-4-3-5-16(22)2/h6-7,13,16,18H,3-5,8-12,14H2,1-2H3. The fraction of sp³-hybridized carbons (Fsp3) is 0.684. The molecule has 0 saturated carbocycles. The van der Waals surface area contributed by atoms with Gasteiger partial charge in [0.05, 0.1) is 0 Å². The van der Waals surface area contributed by atoms with Gasteiger partial charge in [0.15, 0.2) is 0 Å². The molecule has 2 saturated heterocycles. The predicted molar refractivity (Wildman–Crippen MR) is 89.5 cm³/mol. The molecule has 2 nitrogen and oxygen atoms in total. The Morgan fingerprint density at radius 3 is 2.55 bits per heavy atom. The van der Waals surface area contributed by atoms with Gasteiger partial charge in [-0.05, 0) is 70.8 Å². The van der Waals surface area contributed by atoms with Gasteiger partial charge in [-0.25, -0.2) is 4.39 Å². The molecule has 1 atom stereocenters. The Morgan fingerprint density at radius 2 is 1.86 bits per heavy atom. The Kier molecular flexibility index (Phi) is 5.14. The van der Waals surface area contributed by atoms with Crippen LogP contribution in [0.3, 0.4) is 0 Å². The van der Waals surface area contributed by atoms with Crippen molar-refractivity contribution < 1.29 is 4.39 Å². The summed E-state index contributed by atoms with van der Waals surface area (Å²) in [5.41, 5.74) is 1.84. The Morgan fingerprint density at radius 1 is 1.09 bits per heavy atom. The molecule has 2 fully saturated rings. The quantitative estimate of drug-likeness (QED) is 0.833. The van der Waals surface area contributed by atoms with E-state index in [4.69, 9.17) is 0 Å². The summed E-state index contributed by atoms with van der Waals surface area (Å²) < 4.78 is 14.0. The highest BCUT2D eigenvalue weighted by Crippen LogP contribution is 2.26. The molecule has 0 aromatic heterocycles. The minimum Gasteiger partial charge on any atom is -0.299 e. The summed E-state index contributed by atoms with van der Waals surface area (Å²) in [5.74, 6) is -0.0493. The molecule has 0 aliphatic carbocycles. The fourth-order valence-corrected chi connectivity index (χ4v) is 4.09. The molecular formula is C19H29FN2. The van der Waals surface area contributed by atoms with E-state index in [-0.39, 0.29) is 5.82 Å².